The van der Waals surface area contributed by atoms with E-state index in [1.165, 1.54) is 19.1 Å². The first-order valence-electron chi connectivity index (χ1n) is 7.52. The minimum atomic E-state index is -0.599. The number of hydrogen-bond donors (Lipinski definition) is 1. The summed E-state index contributed by atoms with van der Waals surface area (Å²) in [5.74, 6) is -1.17. The fraction of sp³-hybridized carbons (Fsp3) is 0.222. The third-order valence-electron chi connectivity index (χ3n) is 3.63. The number of carbonyl (C=O) groups is 2. The lowest BCUT2D eigenvalue weighted by molar-refractivity contribution is -0.129. The molecule has 2 aromatic carbocycles. The van der Waals surface area contributed by atoms with Crippen LogP contribution in [0.1, 0.15) is 29.8 Å². The van der Waals surface area contributed by atoms with E-state index in [9.17, 15) is 14.0 Å². The molecule has 4 nitrogen and oxygen atoms in total. The highest BCUT2D eigenvalue weighted by molar-refractivity contribution is 9.10. The second-order valence-corrected chi connectivity index (χ2v) is 6.18. The summed E-state index contributed by atoms with van der Waals surface area (Å²) in [6, 6.07) is 11.5. The Kier molecular flexibility index (Phi) is 6.09. The van der Waals surface area contributed by atoms with Crippen LogP contribution in [0.25, 0.3) is 0 Å². The number of para-hydroxylation sites is 1. The van der Waals surface area contributed by atoms with Crippen LogP contribution in [-0.2, 0) is 11.3 Å². The number of amides is 2. The molecule has 0 radical (unpaired) electrons. The zero-order chi connectivity index (χ0) is 17.7. The van der Waals surface area contributed by atoms with Crippen molar-refractivity contribution in [3.63, 3.8) is 0 Å². The van der Waals surface area contributed by atoms with Gasteiger partial charge in [0.1, 0.15) is 5.82 Å². The van der Waals surface area contributed by atoms with Crippen molar-refractivity contribution in [1.82, 2.24) is 4.90 Å². The maximum absolute atomic E-state index is 13.9. The van der Waals surface area contributed by atoms with Crippen molar-refractivity contribution in [1.29, 1.82) is 0 Å². The van der Waals surface area contributed by atoms with Crippen LogP contribution in [0.2, 0.25) is 0 Å². The van der Waals surface area contributed by atoms with E-state index in [1.54, 1.807) is 23.1 Å². The van der Waals surface area contributed by atoms with Crippen molar-refractivity contribution in [3.05, 3.63) is 63.9 Å². The molecule has 0 aliphatic carbocycles. The zero-order valence-corrected chi connectivity index (χ0v) is 15.1. The Labute approximate surface area is 148 Å². The molecular weight excluding hydrogens is 375 g/mol. The highest BCUT2D eigenvalue weighted by Gasteiger charge is 2.15. The molecule has 2 rings (SSSR count). The van der Waals surface area contributed by atoms with Crippen molar-refractivity contribution < 1.29 is 14.0 Å². The van der Waals surface area contributed by atoms with Crippen LogP contribution in [0.5, 0.6) is 0 Å². The normalized spacial score (nSPS) is 10.3. The van der Waals surface area contributed by atoms with Crippen LogP contribution in [0.15, 0.2) is 46.9 Å². The van der Waals surface area contributed by atoms with Crippen LogP contribution >= 0.6 is 15.9 Å². The van der Waals surface area contributed by atoms with Gasteiger partial charge in [0.25, 0.3) is 5.91 Å². The summed E-state index contributed by atoms with van der Waals surface area (Å²) in [4.78, 5) is 25.6. The molecule has 2 amide bonds. The van der Waals surface area contributed by atoms with E-state index in [2.05, 4.69) is 21.2 Å². The number of anilines is 1. The average molecular weight is 393 g/mol. The minimum absolute atomic E-state index is 0.0353. The third kappa shape index (κ3) is 4.41. The Hall–Kier alpha value is -2.21. The van der Waals surface area contributed by atoms with Gasteiger partial charge in [-0.3, -0.25) is 9.59 Å². The highest BCUT2D eigenvalue weighted by Crippen LogP contribution is 2.20. The number of carbonyl (C=O) groups excluding carboxylic acids is 2. The van der Waals surface area contributed by atoms with Gasteiger partial charge in [-0.1, -0.05) is 34.1 Å². The van der Waals surface area contributed by atoms with Crippen LogP contribution in [0.4, 0.5) is 10.1 Å². The second-order valence-electron chi connectivity index (χ2n) is 5.27. The van der Waals surface area contributed by atoms with Gasteiger partial charge < -0.3 is 10.2 Å². The molecule has 2 aromatic rings. The third-order valence-corrected chi connectivity index (χ3v) is 4.12. The molecule has 0 saturated heterocycles. The molecule has 1 N–H and O–H groups in total. The van der Waals surface area contributed by atoms with Gasteiger partial charge in [0.15, 0.2) is 0 Å². The molecule has 0 atom stereocenters. The number of nitrogens with zero attached hydrogens (tertiary/aromatic N) is 1. The van der Waals surface area contributed by atoms with E-state index in [4.69, 9.17) is 0 Å². The summed E-state index contributed by atoms with van der Waals surface area (Å²) in [6.07, 6.45) is 0. The van der Waals surface area contributed by atoms with Crippen molar-refractivity contribution in [2.75, 3.05) is 11.9 Å². The SMILES string of the molecule is CCN(Cc1ccccc1NC(=O)c1ccc(Br)cc1F)C(C)=O. The fourth-order valence-electron chi connectivity index (χ4n) is 2.29. The monoisotopic (exact) mass is 392 g/mol. The lowest BCUT2D eigenvalue weighted by atomic mass is 10.1. The maximum Gasteiger partial charge on any atom is 0.258 e. The molecule has 0 bridgehead atoms. The Morgan fingerprint density at radius 1 is 1.21 bits per heavy atom. The Morgan fingerprint density at radius 3 is 2.54 bits per heavy atom. The lowest BCUT2D eigenvalue weighted by Gasteiger charge is -2.21. The summed E-state index contributed by atoms with van der Waals surface area (Å²) >= 11 is 3.16. The van der Waals surface area contributed by atoms with Gasteiger partial charge in [-0.05, 0) is 36.8 Å². The fourth-order valence-corrected chi connectivity index (χ4v) is 2.63. The van der Waals surface area contributed by atoms with Crippen LogP contribution in [0, 0.1) is 5.82 Å². The van der Waals surface area contributed by atoms with Crippen LogP contribution in [0.3, 0.4) is 0 Å². The van der Waals surface area contributed by atoms with E-state index in [1.807, 2.05) is 19.1 Å². The molecular formula is C18H18BrFN2O2. The minimum Gasteiger partial charge on any atom is -0.339 e. The number of benzene rings is 2. The average Bonchev–Trinajstić information content (AvgIpc) is 2.53. The summed E-state index contributed by atoms with van der Waals surface area (Å²) in [6.45, 7) is 4.34. The van der Waals surface area contributed by atoms with E-state index in [0.29, 0.717) is 23.2 Å². The second kappa shape index (κ2) is 8.06. The molecule has 0 aliphatic heterocycles. The van der Waals surface area contributed by atoms with Crippen LogP contribution in [-0.4, -0.2) is 23.3 Å². The van der Waals surface area contributed by atoms with Crippen molar-refractivity contribution in [2.24, 2.45) is 0 Å². The van der Waals surface area contributed by atoms with Gasteiger partial charge in [0.2, 0.25) is 5.91 Å². The summed E-state index contributed by atoms with van der Waals surface area (Å²) in [5.41, 5.74) is 1.32. The largest absolute Gasteiger partial charge is 0.339 e. The van der Waals surface area contributed by atoms with Crippen LogP contribution < -0.4 is 5.32 Å². The molecule has 24 heavy (non-hydrogen) atoms. The predicted molar refractivity (Wildman–Crippen MR) is 95.3 cm³/mol. The summed E-state index contributed by atoms with van der Waals surface area (Å²) in [7, 11) is 0. The zero-order valence-electron chi connectivity index (χ0n) is 13.5. The first kappa shape index (κ1) is 18.1. The molecule has 6 heteroatoms. The summed E-state index contributed by atoms with van der Waals surface area (Å²) in [5, 5.41) is 2.72. The predicted octanol–water partition coefficient (Wildman–Crippen LogP) is 4.21. The standard InChI is InChI=1S/C18H18BrFN2O2/c1-3-22(12(2)23)11-13-6-4-5-7-17(13)21-18(24)15-9-8-14(19)10-16(15)20/h4-10H,3,11H2,1-2H3,(H,21,24). The van der Waals surface area contributed by atoms with E-state index < -0.39 is 11.7 Å². The smallest absolute Gasteiger partial charge is 0.258 e. The number of hydrogen-bond acceptors (Lipinski definition) is 2. The van der Waals surface area contributed by atoms with Gasteiger partial charge in [-0.25, -0.2) is 4.39 Å². The van der Waals surface area contributed by atoms with E-state index in [-0.39, 0.29) is 11.5 Å². The van der Waals surface area contributed by atoms with Gasteiger partial charge in [-0.2, -0.15) is 0 Å². The number of halogens is 2. The van der Waals surface area contributed by atoms with Crippen molar-refractivity contribution >= 4 is 33.4 Å². The molecule has 0 unspecified atom stereocenters. The van der Waals surface area contributed by atoms with E-state index >= 15 is 0 Å². The Bertz CT molecular complexity index is 764. The van der Waals surface area contributed by atoms with E-state index in [0.717, 1.165) is 5.56 Å². The first-order valence-corrected chi connectivity index (χ1v) is 8.31. The highest BCUT2D eigenvalue weighted by atomic mass is 79.9. The number of nitrogens with one attached hydrogen (secondary N) is 1. The number of rotatable bonds is 5. The molecule has 0 spiro atoms. The molecule has 0 heterocycles. The van der Waals surface area contributed by atoms with Gasteiger partial charge in [-0.15, -0.1) is 0 Å². The molecule has 0 aromatic heterocycles. The molecule has 0 aliphatic rings. The molecule has 0 fully saturated rings. The topological polar surface area (TPSA) is 49.4 Å². The van der Waals surface area contributed by atoms with Crippen molar-refractivity contribution in [3.8, 4) is 0 Å². The molecule has 126 valence electrons. The van der Waals surface area contributed by atoms with Crippen molar-refractivity contribution in [2.45, 2.75) is 20.4 Å². The maximum atomic E-state index is 13.9. The first-order chi connectivity index (χ1) is 11.4. The summed E-state index contributed by atoms with van der Waals surface area (Å²) < 4.78 is 14.5. The Morgan fingerprint density at radius 2 is 1.92 bits per heavy atom. The van der Waals surface area contributed by atoms with Gasteiger partial charge in [0.05, 0.1) is 5.56 Å². The van der Waals surface area contributed by atoms with Gasteiger partial charge in [0, 0.05) is 30.2 Å². The molecule has 0 saturated carbocycles. The quantitative estimate of drug-likeness (QED) is 0.828. The van der Waals surface area contributed by atoms with Gasteiger partial charge >= 0.3 is 0 Å². The lowest BCUT2D eigenvalue weighted by Crippen LogP contribution is -2.28. The Balaban J connectivity index is 2.23.